The van der Waals surface area contributed by atoms with E-state index in [0.717, 1.165) is 0 Å². The Morgan fingerprint density at radius 3 is 1.29 bits per heavy atom. The molecule has 1 aromatic rings. The Morgan fingerprint density at radius 1 is 0.679 bits per heavy atom. The maximum atomic E-state index is 12.3. The summed E-state index contributed by atoms with van der Waals surface area (Å²) in [5.74, 6) is -1.65. The van der Waals surface area contributed by atoms with Crippen LogP contribution >= 0.6 is 0 Å². The number of rotatable bonds is 14. The van der Waals surface area contributed by atoms with Gasteiger partial charge in [0.05, 0.1) is 39.6 Å². The highest BCUT2D eigenvalue weighted by Gasteiger charge is 2.23. The Balaban J connectivity index is 2.74. The van der Waals surface area contributed by atoms with Gasteiger partial charge in [0.1, 0.15) is 13.2 Å². The van der Waals surface area contributed by atoms with E-state index < -0.39 is 24.5 Å². The van der Waals surface area contributed by atoms with Gasteiger partial charge in [-0.05, 0) is 12.1 Å². The molecule has 0 bridgehead atoms. The van der Waals surface area contributed by atoms with Gasteiger partial charge in [0.25, 0.3) is 12.6 Å². The second kappa shape index (κ2) is 13.9. The molecule has 0 saturated carbocycles. The van der Waals surface area contributed by atoms with E-state index in [1.807, 2.05) is 0 Å². The Bertz CT molecular complexity index is 530. The molecular formula is C16H22O12. The fraction of sp³-hybridized carbons (Fsp3) is 0.500. The first kappa shape index (κ1) is 23.9. The van der Waals surface area contributed by atoms with Gasteiger partial charge in [-0.1, -0.05) is 12.1 Å². The van der Waals surface area contributed by atoms with Crippen LogP contribution in [0.4, 0.5) is 0 Å². The summed E-state index contributed by atoms with van der Waals surface area (Å²) in [5.41, 5.74) is -0.0871. The molecule has 28 heavy (non-hydrogen) atoms. The van der Waals surface area contributed by atoms with E-state index >= 15 is 0 Å². The topological polar surface area (TPSA) is 126 Å². The van der Waals surface area contributed by atoms with E-state index in [0.29, 0.717) is 0 Å². The highest BCUT2D eigenvalue weighted by molar-refractivity contribution is 6.03. The largest absolute Gasteiger partial charge is 0.456 e. The van der Waals surface area contributed by atoms with Crippen LogP contribution in [0.15, 0.2) is 24.3 Å². The monoisotopic (exact) mass is 406 g/mol. The molecule has 0 aromatic heterocycles. The summed E-state index contributed by atoms with van der Waals surface area (Å²) in [5, 5.41) is 0. The Hall–Kier alpha value is -2.16. The van der Waals surface area contributed by atoms with Gasteiger partial charge >= 0.3 is 11.9 Å². The van der Waals surface area contributed by atoms with E-state index in [2.05, 4.69) is 39.1 Å². The first-order valence-electron chi connectivity index (χ1n) is 7.78. The number of carbonyl (C=O) groups is 2. The van der Waals surface area contributed by atoms with Gasteiger partial charge in [0.15, 0.2) is 0 Å². The van der Waals surface area contributed by atoms with Crippen molar-refractivity contribution in [2.75, 3.05) is 41.7 Å². The average Bonchev–Trinajstić information content (AvgIpc) is 2.70. The fourth-order valence-electron chi connectivity index (χ4n) is 1.85. The van der Waals surface area contributed by atoms with Crippen molar-refractivity contribution in [2.45, 2.75) is 12.6 Å². The van der Waals surface area contributed by atoms with E-state index in [9.17, 15) is 9.59 Å². The lowest BCUT2D eigenvalue weighted by Crippen LogP contribution is -2.27. The highest BCUT2D eigenvalue weighted by atomic mass is 17.3. The molecule has 12 heteroatoms. The molecule has 0 saturated heterocycles. The van der Waals surface area contributed by atoms with Crippen LogP contribution in [0.5, 0.6) is 0 Å². The molecule has 0 aliphatic carbocycles. The minimum Gasteiger partial charge on any atom is -0.456 e. The fourth-order valence-corrected chi connectivity index (χ4v) is 1.85. The van der Waals surface area contributed by atoms with Gasteiger partial charge in [-0.15, -0.1) is 0 Å². The van der Waals surface area contributed by atoms with E-state index in [4.69, 9.17) is 9.47 Å². The molecule has 0 N–H and O–H groups in total. The number of benzene rings is 1. The number of ether oxygens (including phenoxy) is 2. The van der Waals surface area contributed by atoms with Gasteiger partial charge in [0, 0.05) is 0 Å². The maximum absolute atomic E-state index is 12.3. The maximum Gasteiger partial charge on any atom is 0.339 e. The number of esters is 2. The summed E-state index contributed by atoms with van der Waals surface area (Å²) in [4.78, 5) is 61.1. The summed E-state index contributed by atoms with van der Waals surface area (Å²) in [7, 11) is 4.97. The van der Waals surface area contributed by atoms with Gasteiger partial charge in [0.2, 0.25) is 0 Å². The zero-order chi connectivity index (χ0) is 20.8. The lowest BCUT2D eigenvalue weighted by Gasteiger charge is -2.16. The van der Waals surface area contributed by atoms with Crippen LogP contribution in [-0.2, 0) is 48.6 Å². The van der Waals surface area contributed by atoms with Crippen LogP contribution in [0, 0.1) is 0 Å². The SMILES string of the molecule is COOC(COC(=O)c1ccccc1C(=O)OCC(OOC)OOC)OOC. The van der Waals surface area contributed by atoms with Crippen LogP contribution in [0.3, 0.4) is 0 Å². The van der Waals surface area contributed by atoms with Crippen LogP contribution in [0.1, 0.15) is 20.7 Å². The molecule has 0 spiro atoms. The van der Waals surface area contributed by atoms with Crippen LogP contribution in [-0.4, -0.2) is 66.2 Å². The third-order valence-electron chi connectivity index (χ3n) is 2.88. The molecule has 0 atom stereocenters. The van der Waals surface area contributed by atoms with Crippen molar-refractivity contribution in [3.8, 4) is 0 Å². The Labute approximate surface area is 160 Å². The summed E-state index contributed by atoms with van der Waals surface area (Å²) in [6.07, 6.45) is -2.26. The van der Waals surface area contributed by atoms with E-state index in [-0.39, 0.29) is 24.3 Å². The number of hydrogen-bond acceptors (Lipinski definition) is 12. The summed E-state index contributed by atoms with van der Waals surface area (Å²) in [6.45, 7) is -0.731. The van der Waals surface area contributed by atoms with Crippen molar-refractivity contribution in [3.63, 3.8) is 0 Å². The molecule has 12 nitrogen and oxygen atoms in total. The van der Waals surface area contributed by atoms with Crippen molar-refractivity contribution in [1.29, 1.82) is 0 Å². The summed E-state index contributed by atoms with van der Waals surface area (Å²) in [6, 6.07) is 5.87. The van der Waals surface area contributed by atoms with Crippen LogP contribution in [0.25, 0.3) is 0 Å². The highest BCUT2D eigenvalue weighted by Crippen LogP contribution is 2.13. The molecule has 0 aliphatic heterocycles. The van der Waals surface area contributed by atoms with Gasteiger partial charge in [-0.2, -0.15) is 19.6 Å². The zero-order valence-electron chi connectivity index (χ0n) is 15.8. The molecule has 0 fully saturated rings. The summed E-state index contributed by atoms with van der Waals surface area (Å²) >= 11 is 0. The predicted molar refractivity (Wildman–Crippen MR) is 87.0 cm³/mol. The molecule has 0 amide bonds. The molecule has 0 heterocycles. The average molecular weight is 406 g/mol. The van der Waals surface area contributed by atoms with Gasteiger partial charge < -0.3 is 9.47 Å². The van der Waals surface area contributed by atoms with E-state index in [1.165, 1.54) is 40.6 Å². The molecular weight excluding hydrogens is 384 g/mol. The van der Waals surface area contributed by atoms with E-state index in [1.54, 1.807) is 12.1 Å². The number of carbonyl (C=O) groups excluding carboxylic acids is 2. The smallest absolute Gasteiger partial charge is 0.339 e. The van der Waals surface area contributed by atoms with Crippen molar-refractivity contribution in [1.82, 2.24) is 0 Å². The lowest BCUT2D eigenvalue weighted by molar-refractivity contribution is -0.451. The zero-order valence-corrected chi connectivity index (χ0v) is 15.8. The first-order chi connectivity index (χ1) is 13.6. The minimum absolute atomic E-state index is 0.0436. The van der Waals surface area contributed by atoms with Crippen molar-refractivity contribution in [2.24, 2.45) is 0 Å². The first-order valence-corrected chi connectivity index (χ1v) is 7.78. The Morgan fingerprint density at radius 2 is 1.00 bits per heavy atom. The summed E-state index contributed by atoms with van der Waals surface area (Å²) < 4.78 is 10.1. The molecule has 1 aromatic carbocycles. The Kier molecular flexibility index (Phi) is 11.9. The van der Waals surface area contributed by atoms with Crippen LogP contribution in [0.2, 0.25) is 0 Å². The predicted octanol–water partition coefficient (Wildman–Crippen LogP) is 0.964. The third kappa shape index (κ3) is 8.24. The van der Waals surface area contributed by atoms with Gasteiger partial charge in [-0.3, -0.25) is 0 Å². The lowest BCUT2D eigenvalue weighted by atomic mass is 10.1. The second-order valence-corrected chi connectivity index (χ2v) is 4.65. The minimum atomic E-state index is -1.13. The standard InChI is InChI=1S/C16H22O12/c1-19-25-13(26-20-2)9-23-15(17)11-7-5-6-8-12(11)16(18)24-10-14(27-21-3)28-22-4/h5-8,13-14H,9-10H2,1-4H3. The van der Waals surface area contributed by atoms with Crippen molar-refractivity contribution < 1.29 is 58.2 Å². The molecule has 158 valence electrons. The second-order valence-electron chi connectivity index (χ2n) is 4.65. The molecule has 0 radical (unpaired) electrons. The van der Waals surface area contributed by atoms with Crippen molar-refractivity contribution in [3.05, 3.63) is 35.4 Å². The third-order valence-corrected chi connectivity index (χ3v) is 2.88. The molecule has 0 aliphatic rings. The molecule has 0 unspecified atom stereocenters. The molecule has 1 rings (SSSR count). The van der Waals surface area contributed by atoms with Crippen molar-refractivity contribution >= 4 is 11.9 Å². The van der Waals surface area contributed by atoms with Gasteiger partial charge in [-0.25, -0.2) is 29.1 Å². The normalized spacial score (nSPS) is 11.1. The number of hydrogen-bond donors (Lipinski definition) is 0. The van der Waals surface area contributed by atoms with Crippen LogP contribution < -0.4 is 0 Å². The quantitative estimate of drug-likeness (QED) is 0.189.